The average Bonchev–Trinajstić information content (AvgIpc) is 2.51. The molecule has 1 rings (SSSR count). The summed E-state index contributed by atoms with van der Waals surface area (Å²) in [6.45, 7) is 8.54. The number of hydrogen-bond acceptors (Lipinski definition) is 9. The Morgan fingerprint density at radius 2 is 1.58 bits per heavy atom. The van der Waals surface area contributed by atoms with Gasteiger partial charge in [-0.2, -0.15) is 15.0 Å². The van der Waals surface area contributed by atoms with E-state index in [0.29, 0.717) is 38.0 Å². The van der Waals surface area contributed by atoms with E-state index in [1.807, 2.05) is 6.92 Å². The van der Waals surface area contributed by atoms with Gasteiger partial charge < -0.3 is 31.1 Å². The Kier molecular flexibility index (Phi) is 8.32. The van der Waals surface area contributed by atoms with Crippen LogP contribution in [0.2, 0.25) is 0 Å². The van der Waals surface area contributed by atoms with Gasteiger partial charge in [0.1, 0.15) is 12.1 Å². The van der Waals surface area contributed by atoms with Crippen molar-refractivity contribution in [3.8, 4) is 0 Å². The highest BCUT2D eigenvalue weighted by molar-refractivity contribution is 5.72. The van der Waals surface area contributed by atoms with Crippen LogP contribution in [0.25, 0.3) is 0 Å². The van der Waals surface area contributed by atoms with Gasteiger partial charge in [0.15, 0.2) is 0 Å². The molecule has 146 valence electrons. The molecule has 26 heavy (non-hydrogen) atoms. The van der Waals surface area contributed by atoms with E-state index in [4.69, 9.17) is 9.84 Å². The molecule has 1 aromatic rings. The third-order valence-corrected chi connectivity index (χ3v) is 2.67. The standard InChI is InChI=1S/C15H27N7O4/c1-5-16-11-20-12(22-13(21-11)19-9-10(23)24)17-7-6-8-18-14(25)26-15(2,3)4/h5-9H2,1-4H3,(H,18,25)(H,23,24)(H3,16,17,19,20,21,22). The van der Waals surface area contributed by atoms with Crippen LogP contribution < -0.4 is 21.3 Å². The normalized spacial score (nSPS) is 10.8. The summed E-state index contributed by atoms with van der Waals surface area (Å²) < 4.78 is 5.14. The van der Waals surface area contributed by atoms with E-state index in [1.165, 1.54) is 0 Å². The number of ether oxygens (including phenoxy) is 1. The number of anilines is 3. The zero-order valence-corrected chi connectivity index (χ0v) is 15.5. The number of rotatable bonds is 10. The van der Waals surface area contributed by atoms with Crippen molar-refractivity contribution >= 4 is 29.9 Å². The first-order valence-electron chi connectivity index (χ1n) is 8.36. The quantitative estimate of drug-likeness (QED) is 0.380. The van der Waals surface area contributed by atoms with Gasteiger partial charge in [-0.3, -0.25) is 4.79 Å². The molecule has 0 aliphatic carbocycles. The summed E-state index contributed by atoms with van der Waals surface area (Å²) in [4.78, 5) is 34.5. The molecule has 0 atom stereocenters. The minimum Gasteiger partial charge on any atom is -0.480 e. The number of carbonyl (C=O) groups is 2. The number of aromatic nitrogens is 3. The smallest absolute Gasteiger partial charge is 0.407 e. The predicted octanol–water partition coefficient (Wildman–Crippen LogP) is 1.13. The molecule has 0 aromatic carbocycles. The Morgan fingerprint density at radius 3 is 2.12 bits per heavy atom. The molecule has 0 spiro atoms. The molecule has 0 radical (unpaired) electrons. The highest BCUT2D eigenvalue weighted by Gasteiger charge is 2.15. The van der Waals surface area contributed by atoms with Crippen LogP contribution in [0.1, 0.15) is 34.1 Å². The van der Waals surface area contributed by atoms with Crippen LogP contribution in [0.5, 0.6) is 0 Å². The Morgan fingerprint density at radius 1 is 1.00 bits per heavy atom. The lowest BCUT2D eigenvalue weighted by molar-refractivity contribution is -0.134. The predicted molar refractivity (Wildman–Crippen MR) is 97.5 cm³/mol. The SMILES string of the molecule is CCNc1nc(NCCCNC(=O)OC(C)(C)C)nc(NCC(=O)O)n1. The third-order valence-electron chi connectivity index (χ3n) is 2.67. The summed E-state index contributed by atoms with van der Waals surface area (Å²) in [5.74, 6) is -0.211. The van der Waals surface area contributed by atoms with Crippen LogP contribution in [0.3, 0.4) is 0 Å². The monoisotopic (exact) mass is 369 g/mol. The van der Waals surface area contributed by atoms with Gasteiger partial charge in [0.05, 0.1) is 0 Å². The number of carboxylic acid groups (broad SMARTS) is 1. The number of carbonyl (C=O) groups excluding carboxylic acids is 1. The number of amides is 1. The van der Waals surface area contributed by atoms with E-state index in [1.54, 1.807) is 20.8 Å². The zero-order chi connectivity index (χ0) is 19.6. The van der Waals surface area contributed by atoms with Gasteiger partial charge in [0, 0.05) is 19.6 Å². The number of hydrogen-bond donors (Lipinski definition) is 5. The first kappa shape index (κ1) is 21.2. The number of alkyl carbamates (subject to hydrolysis) is 1. The number of aliphatic carboxylic acids is 1. The summed E-state index contributed by atoms with van der Waals surface area (Å²) in [6, 6.07) is 0. The topological polar surface area (TPSA) is 150 Å². The molecule has 1 aromatic heterocycles. The van der Waals surface area contributed by atoms with Crippen LogP contribution >= 0.6 is 0 Å². The van der Waals surface area contributed by atoms with Crippen LogP contribution in [0, 0.1) is 0 Å². The van der Waals surface area contributed by atoms with E-state index in [0.717, 1.165) is 0 Å². The van der Waals surface area contributed by atoms with E-state index < -0.39 is 17.7 Å². The Balaban J connectivity index is 2.47. The highest BCUT2D eigenvalue weighted by Crippen LogP contribution is 2.09. The molecule has 11 nitrogen and oxygen atoms in total. The molecule has 0 unspecified atom stereocenters. The maximum atomic E-state index is 11.5. The molecule has 0 fully saturated rings. The summed E-state index contributed by atoms with van der Waals surface area (Å²) in [5, 5.41) is 19.9. The van der Waals surface area contributed by atoms with Crippen molar-refractivity contribution in [2.24, 2.45) is 0 Å². The number of nitrogens with zero attached hydrogens (tertiary/aromatic N) is 3. The first-order chi connectivity index (χ1) is 12.2. The average molecular weight is 369 g/mol. The molecule has 0 saturated heterocycles. The van der Waals surface area contributed by atoms with Crippen molar-refractivity contribution in [3.05, 3.63) is 0 Å². The van der Waals surface area contributed by atoms with E-state index >= 15 is 0 Å². The van der Waals surface area contributed by atoms with Crippen LogP contribution in [-0.2, 0) is 9.53 Å². The molecular weight excluding hydrogens is 342 g/mol. The van der Waals surface area contributed by atoms with Crippen LogP contribution in [0.4, 0.5) is 22.6 Å². The molecule has 5 N–H and O–H groups in total. The minimum atomic E-state index is -1.02. The third kappa shape index (κ3) is 9.45. The van der Waals surface area contributed by atoms with E-state index in [-0.39, 0.29) is 12.5 Å². The number of nitrogens with one attached hydrogen (secondary N) is 4. The van der Waals surface area contributed by atoms with Gasteiger partial charge >= 0.3 is 12.1 Å². The lowest BCUT2D eigenvalue weighted by atomic mass is 10.2. The molecule has 0 aliphatic heterocycles. The highest BCUT2D eigenvalue weighted by atomic mass is 16.6. The van der Waals surface area contributed by atoms with Crippen molar-refractivity contribution < 1.29 is 19.4 Å². The van der Waals surface area contributed by atoms with Gasteiger partial charge in [-0.25, -0.2) is 4.79 Å². The summed E-state index contributed by atoms with van der Waals surface area (Å²) in [5.41, 5.74) is -0.532. The summed E-state index contributed by atoms with van der Waals surface area (Å²) in [6.07, 6.45) is 0.159. The maximum absolute atomic E-state index is 11.5. The van der Waals surface area contributed by atoms with E-state index in [9.17, 15) is 9.59 Å². The van der Waals surface area contributed by atoms with Gasteiger partial charge in [0.25, 0.3) is 0 Å². The lowest BCUT2D eigenvalue weighted by Crippen LogP contribution is -2.33. The van der Waals surface area contributed by atoms with Gasteiger partial charge in [0.2, 0.25) is 17.8 Å². The fourth-order valence-electron chi connectivity index (χ4n) is 1.72. The van der Waals surface area contributed by atoms with Gasteiger partial charge in [-0.1, -0.05) is 0 Å². The van der Waals surface area contributed by atoms with Crippen molar-refractivity contribution in [3.63, 3.8) is 0 Å². The Bertz CT molecular complexity index is 604. The molecular formula is C15H27N7O4. The van der Waals surface area contributed by atoms with E-state index in [2.05, 4.69) is 36.2 Å². The molecule has 0 bridgehead atoms. The fraction of sp³-hybridized carbons (Fsp3) is 0.667. The molecule has 11 heteroatoms. The fourth-order valence-corrected chi connectivity index (χ4v) is 1.72. The van der Waals surface area contributed by atoms with Crippen molar-refractivity contribution in [1.29, 1.82) is 0 Å². The number of carboxylic acids is 1. The Labute approximate surface area is 152 Å². The van der Waals surface area contributed by atoms with Crippen molar-refractivity contribution in [1.82, 2.24) is 20.3 Å². The molecule has 1 heterocycles. The maximum Gasteiger partial charge on any atom is 0.407 e. The zero-order valence-electron chi connectivity index (χ0n) is 15.5. The van der Waals surface area contributed by atoms with Gasteiger partial charge in [-0.15, -0.1) is 0 Å². The van der Waals surface area contributed by atoms with Crippen molar-refractivity contribution in [2.75, 3.05) is 42.1 Å². The second kappa shape index (κ2) is 10.2. The molecule has 1 amide bonds. The van der Waals surface area contributed by atoms with Crippen molar-refractivity contribution in [2.45, 2.75) is 39.7 Å². The largest absolute Gasteiger partial charge is 0.480 e. The molecule has 0 aliphatic rings. The molecule has 0 saturated carbocycles. The second-order valence-electron chi connectivity index (χ2n) is 6.29. The van der Waals surface area contributed by atoms with Crippen LogP contribution in [-0.4, -0.2) is 63.9 Å². The lowest BCUT2D eigenvalue weighted by Gasteiger charge is -2.19. The summed E-state index contributed by atoms with van der Waals surface area (Å²) >= 11 is 0. The Hall–Kier alpha value is -2.85. The minimum absolute atomic E-state index is 0.160. The second-order valence-corrected chi connectivity index (χ2v) is 6.29. The van der Waals surface area contributed by atoms with Crippen LogP contribution in [0.15, 0.2) is 0 Å². The van der Waals surface area contributed by atoms with Gasteiger partial charge in [-0.05, 0) is 34.1 Å². The summed E-state index contributed by atoms with van der Waals surface area (Å²) in [7, 11) is 0. The first-order valence-corrected chi connectivity index (χ1v) is 8.36.